The minimum Gasteiger partial charge on any atom is -0.354 e. The number of para-hydroxylation sites is 1. The maximum atomic E-state index is 14.4. The Morgan fingerprint density at radius 3 is 2.09 bits per heavy atom. The molecular formula is C34H34Cl2FN3O4S. The molecule has 45 heavy (non-hydrogen) atoms. The Labute approximate surface area is 273 Å². The maximum absolute atomic E-state index is 14.4. The molecule has 0 saturated carbocycles. The largest absolute Gasteiger partial charge is 0.354 e. The number of rotatable bonds is 13. The van der Waals surface area contributed by atoms with E-state index in [4.69, 9.17) is 23.2 Å². The molecule has 0 bridgehead atoms. The van der Waals surface area contributed by atoms with Gasteiger partial charge in [-0.1, -0.05) is 91.6 Å². The van der Waals surface area contributed by atoms with E-state index < -0.39 is 40.2 Å². The normalized spacial score (nSPS) is 12.0. The zero-order chi connectivity index (χ0) is 32.6. The van der Waals surface area contributed by atoms with Crippen LogP contribution in [0.5, 0.6) is 0 Å². The van der Waals surface area contributed by atoms with Crippen LogP contribution in [0, 0.1) is 11.7 Å². The first-order chi connectivity index (χ1) is 21.5. The van der Waals surface area contributed by atoms with Crippen molar-refractivity contribution in [2.75, 3.05) is 17.4 Å². The second-order valence-corrected chi connectivity index (χ2v) is 13.6. The lowest BCUT2D eigenvalue weighted by Gasteiger charge is -2.34. The van der Waals surface area contributed by atoms with Gasteiger partial charge in [0.05, 0.1) is 10.6 Å². The summed E-state index contributed by atoms with van der Waals surface area (Å²) in [7, 11) is -4.34. The highest BCUT2D eigenvalue weighted by molar-refractivity contribution is 7.92. The smallest absolute Gasteiger partial charge is 0.264 e. The fourth-order valence-corrected chi connectivity index (χ4v) is 6.55. The molecule has 4 rings (SSSR count). The van der Waals surface area contributed by atoms with E-state index in [1.165, 1.54) is 4.90 Å². The molecule has 7 nitrogen and oxygen atoms in total. The highest BCUT2D eigenvalue weighted by Crippen LogP contribution is 2.27. The monoisotopic (exact) mass is 669 g/mol. The average molecular weight is 671 g/mol. The van der Waals surface area contributed by atoms with Crippen LogP contribution in [0.25, 0.3) is 0 Å². The van der Waals surface area contributed by atoms with E-state index in [2.05, 4.69) is 5.32 Å². The van der Waals surface area contributed by atoms with Gasteiger partial charge in [0.1, 0.15) is 18.4 Å². The summed E-state index contributed by atoms with van der Waals surface area (Å²) < 4.78 is 42.6. The lowest BCUT2D eigenvalue weighted by Crippen LogP contribution is -2.53. The van der Waals surface area contributed by atoms with Gasteiger partial charge in [-0.15, -0.1) is 0 Å². The molecule has 0 aliphatic carbocycles. The van der Waals surface area contributed by atoms with Crippen LogP contribution in [0.1, 0.15) is 25.0 Å². The number of amides is 2. The van der Waals surface area contributed by atoms with Crippen LogP contribution >= 0.6 is 23.2 Å². The average Bonchev–Trinajstić information content (AvgIpc) is 3.02. The van der Waals surface area contributed by atoms with Gasteiger partial charge in [0.15, 0.2) is 0 Å². The first-order valence-electron chi connectivity index (χ1n) is 14.3. The van der Waals surface area contributed by atoms with Crippen LogP contribution in [-0.2, 0) is 32.6 Å². The highest BCUT2D eigenvalue weighted by Gasteiger charge is 2.35. The lowest BCUT2D eigenvalue weighted by atomic mass is 10.0. The van der Waals surface area contributed by atoms with Crippen LogP contribution in [-0.4, -0.2) is 44.3 Å². The van der Waals surface area contributed by atoms with Crippen molar-refractivity contribution >= 4 is 50.7 Å². The van der Waals surface area contributed by atoms with E-state index >= 15 is 0 Å². The minimum atomic E-state index is -4.34. The predicted octanol–water partition coefficient (Wildman–Crippen LogP) is 6.74. The molecule has 0 radical (unpaired) electrons. The zero-order valence-electron chi connectivity index (χ0n) is 24.9. The molecule has 0 saturated heterocycles. The summed E-state index contributed by atoms with van der Waals surface area (Å²) in [6, 6.07) is 25.6. The molecule has 1 unspecified atom stereocenters. The number of carbonyl (C=O) groups excluding carboxylic acids is 2. The minimum absolute atomic E-state index is 0.0966. The number of hydrogen-bond acceptors (Lipinski definition) is 4. The number of nitrogens with one attached hydrogen (secondary N) is 1. The van der Waals surface area contributed by atoms with E-state index in [9.17, 15) is 22.4 Å². The first-order valence-corrected chi connectivity index (χ1v) is 16.5. The van der Waals surface area contributed by atoms with Crippen LogP contribution in [0.4, 0.5) is 10.1 Å². The predicted molar refractivity (Wildman–Crippen MR) is 176 cm³/mol. The number of carbonyl (C=O) groups is 2. The Balaban J connectivity index is 1.80. The Kier molecular flexibility index (Phi) is 11.6. The van der Waals surface area contributed by atoms with Crippen LogP contribution in [0.2, 0.25) is 10.0 Å². The molecule has 0 aliphatic rings. The maximum Gasteiger partial charge on any atom is 0.264 e. The zero-order valence-corrected chi connectivity index (χ0v) is 27.2. The van der Waals surface area contributed by atoms with E-state index in [1.807, 2.05) is 44.2 Å². The summed E-state index contributed by atoms with van der Waals surface area (Å²) in [5.41, 5.74) is 1.56. The van der Waals surface area contributed by atoms with Gasteiger partial charge < -0.3 is 10.2 Å². The van der Waals surface area contributed by atoms with Crippen LogP contribution in [0.3, 0.4) is 0 Å². The van der Waals surface area contributed by atoms with Gasteiger partial charge in [-0.25, -0.2) is 12.8 Å². The van der Waals surface area contributed by atoms with Crippen molar-refractivity contribution in [2.24, 2.45) is 5.92 Å². The van der Waals surface area contributed by atoms with Gasteiger partial charge in [-0.2, -0.15) is 0 Å². The second kappa shape index (κ2) is 15.4. The van der Waals surface area contributed by atoms with E-state index in [1.54, 1.807) is 48.5 Å². The van der Waals surface area contributed by atoms with Gasteiger partial charge in [0.25, 0.3) is 10.0 Å². The molecule has 0 heterocycles. The standard InChI is InChI=1S/C34H34Cl2FN3O4S/c1-24(2)21-38-34(42)32(19-25-9-5-3-6-10-25)39(22-26-13-14-27(35)20-31(26)36)33(41)23-40(29-11-7-4-8-12-29)45(43,44)30-17-15-28(37)16-18-30/h3-18,20,24,32H,19,21-23H2,1-2H3,(H,38,42). The quantitative estimate of drug-likeness (QED) is 0.171. The summed E-state index contributed by atoms with van der Waals surface area (Å²) in [5.74, 6) is -1.48. The highest BCUT2D eigenvalue weighted by atomic mass is 35.5. The van der Waals surface area contributed by atoms with Gasteiger partial charge in [0.2, 0.25) is 11.8 Å². The SMILES string of the molecule is CC(C)CNC(=O)C(Cc1ccccc1)N(Cc1ccc(Cl)cc1Cl)C(=O)CN(c1ccccc1)S(=O)(=O)c1ccc(F)cc1. The number of hydrogen-bond donors (Lipinski definition) is 1. The van der Waals surface area contributed by atoms with Crippen LogP contribution in [0.15, 0.2) is 108 Å². The topological polar surface area (TPSA) is 86.8 Å². The second-order valence-electron chi connectivity index (χ2n) is 10.9. The van der Waals surface area contributed by atoms with Crippen molar-refractivity contribution < 1.29 is 22.4 Å². The number of halogens is 3. The summed E-state index contributed by atoms with van der Waals surface area (Å²) in [4.78, 5) is 29.4. The molecule has 0 spiro atoms. The number of nitrogens with zero attached hydrogens (tertiary/aromatic N) is 2. The fraction of sp³-hybridized carbons (Fsp3) is 0.235. The Morgan fingerprint density at radius 1 is 0.867 bits per heavy atom. The molecule has 4 aromatic rings. The van der Waals surface area contributed by atoms with E-state index in [0.29, 0.717) is 22.2 Å². The molecule has 236 valence electrons. The van der Waals surface area contributed by atoms with E-state index in [0.717, 1.165) is 34.1 Å². The van der Waals surface area contributed by atoms with Crippen molar-refractivity contribution in [2.45, 2.75) is 37.8 Å². The van der Waals surface area contributed by atoms with Gasteiger partial charge in [0, 0.05) is 29.6 Å². The van der Waals surface area contributed by atoms with Crippen molar-refractivity contribution in [1.29, 1.82) is 0 Å². The van der Waals surface area contributed by atoms with Gasteiger partial charge in [-0.3, -0.25) is 13.9 Å². The molecular weight excluding hydrogens is 636 g/mol. The third-order valence-electron chi connectivity index (χ3n) is 7.04. The third kappa shape index (κ3) is 9.06. The fourth-order valence-electron chi connectivity index (χ4n) is 4.67. The van der Waals surface area contributed by atoms with E-state index in [-0.39, 0.29) is 29.5 Å². The lowest BCUT2D eigenvalue weighted by molar-refractivity contribution is -0.140. The first kappa shape index (κ1) is 34.0. The molecule has 0 fully saturated rings. The van der Waals surface area contributed by atoms with Gasteiger partial charge >= 0.3 is 0 Å². The van der Waals surface area contributed by atoms with Crippen LogP contribution < -0.4 is 9.62 Å². The molecule has 11 heteroatoms. The van der Waals surface area contributed by atoms with Gasteiger partial charge in [-0.05, 0) is 65.6 Å². The molecule has 1 N–H and O–H groups in total. The van der Waals surface area contributed by atoms with Crippen molar-refractivity contribution in [3.8, 4) is 0 Å². The molecule has 2 amide bonds. The van der Waals surface area contributed by atoms with Crippen molar-refractivity contribution in [3.63, 3.8) is 0 Å². The molecule has 4 aromatic carbocycles. The summed E-state index contributed by atoms with van der Waals surface area (Å²) >= 11 is 12.7. The Bertz CT molecular complexity index is 1710. The summed E-state index contributed by atoms with van der Waals surface area (Å²) in [5, 5.41) is 3.63. The third-order valence-corrected chi connectivity index (χ3v) is 9.41. The molecule has 0 aromatic heterocycles. The van der Waals surface area contributed by atoms with Crippen molar-refractivity contribution in [3.05, 3.63) is 130 Å². The number of anilines is 1. The summed E-state index contributed by atoms with van der Waals surface area (Å²) in [6.07, 6.45) is 0.164. The summed E-state index contributed by atoms with van der Waals surface area (Å²) in [6.45, 7) is 3.56. The molecule has 0 aliphatic heterocycles. The number of benzene rings is 4. The van der Waals surface area contributed by atoms with Crippen molar-refractivity contribution in [1.82, 2.24) is 10.2 Å². The Morgan fingerprint density at radius 2 is 1.49 bits per heavy atom. The number of sulfonamides is 1. The Hall–Kier alpha value is -3.92. The molecule has 1 atom stereocenters.